The van der Waals surface area contributed by atoms with Gasteiger partial charge >= 0.3 is 5.97 Å². The van der Waals surface area contributed by atoms with Gasteiger partial charge in [0.15, 0.2) is 0 Å². The minimum Gasteiger partial charge on any atom is -0.466 e. The van der Waals surface area contributed by atoms with Crippen molar-refractivity contribution < 1.29 is 24.5 Å². The van der Waals surface area contributed by atoms with E-state index in [0.717, 1.165) is 44.9 Å². The molecule has 0 aromatic rings. The summed E-state index contributed by atoms with van der Waals surface area (Å²) in [6.07, 6.45) is 69.3. The summed E-state index contributed by atoms with van der Waals surface area (Å²) in [4.78, 5) is 24.5. The van der Waals surface area contributed by atoms with Gasteiger partial charge < -0.3 is 20.3 Å². The van der Waals surface area contributed by atoms with Crippen LogP contribution in [-0.2, 0) is 14.3 Å². The number of hydrogen-bond donors (Lipinski definition) is 3. The molecule has 3 N–H and O–H groups in total. The first-order chi connectivity index (χ1) is 33.0. The molecular formula is C61H117NO5. The fourth-order valence-corrected chi connectivity index (χ4v) is 9.34. The maximum Gasteiger partial charge on any atom is 0.305 e. The molecule has 0 fully saturated rings. The maximum absolute atomic E-state index is 12.4. The van der Waals surface area contributed by atoms with Gasteiger partial charge in [-0.15, -0.1) is 0 Å². The molecule has 0 saturated carbocycles. The largest absolute Gasteiger partial charge is 0.466 e. The molecule has 0 aliphatic carbocycles. The van der Waals surface area contributed by atoms with Gasteiger partial charge in [-0.1, -0.05) is 282 Å². The average Bonchev–Trinajstić information content (AvgIpc) is 3.33. The maximum atomic E-state index is 12.4. The molecule has 0 aliphatic heterocycles. The molecule has 0 bridgehead atoms. The van der Waals surface area contributed by atoms with Crippen LogP contribution in [0.3, 0.4) is 0 Å². The Morgan fingerprint density at radius 2 is 0.701 bits per heavy atom. The van der Waals surface area contributed by atoms with Gasteiger partial charge in [-0.05, 0) is 57.8 Å². The van der Waals surface area contributed by atoms with Crippen molar-refractivity contribution in [2.45, 2.75) is 341 Å². The predicted molar refractivity (Wildman–Crippen MR) is 292 cm³/mol. The zero-order valence-electron chi connectivity index (χ0n) is 45.1. The van der Waals surface area contributed by atoms with E-state index >= 15 is 0 Å². The smallest absolute Gasteiger partial charge is 0.305 e. The Kier molecular flexibility index (Phi) is 55.5. The highest BCUT2D eigenvalue weighted by Gasteiger charge is 2.18. The summed E-state index contributed by atoms with van der Waals surface area (Å²) in [7, 11) is 0. The molecule has 0 rings (SSSR count). The summed E-state index contributed by atoms with van der Waals surface area (Å²) in [6.45, 7) is 4.89. The van der Waals surface area contributed by atoms with E-state index < -0.39 is 12.1 Å². The molecule has 0 saturated heterocycles. The second kappa shape index (κ2) is 56.9. The van der Waals surface area contributed by atoms with Crippen LogP contribution in [-0.4, -0.2) is 47.4 Å². The normalized spacial score (nSPS) is 12.7. The van der Waals surface area contributed by atoms with Gasteiger partial charge in [0, 0.05) is 12.8 Å². The Labute approximate surface area is 418 Å². The molecule has 6 heteroatoms. The standard InChI is InChI=1S/C61H117NO5/c1-3-5-7-9-11-13-15-29-33-37-41-45-49-53-59(64)58(57-63)62-60(65)54-50-46-42-38-34-31-27-25-23-21-19-17-18-20-22-24-26-28-32-36-40-44-48-52-56-67-61(66)55-51-47-43-39-35-30-16-14-12-10-8-6-4-2/h14,16,49,53,58-59,63-64H,3-13,15,17-48,50-52,54-57H2,1-2H3,(H,62,65)/b16-14-,53-49+. The molecule has 2 unspecified atom stereocenters. The molecule has 396 valence electrons. The number of carbonyl (C=O) groups excluding carboxylic acids is 2. The lowest BCUT2D eigenvalue weighted by Crippen LogP contribution is -2.45. The van der Waals surface area contributed by atoms with Crippen molar-refractivity contribution in [3.8, 4) is 0 Å². The molecule has 1 amide bonds. The molecule has 0 radical (unpaired) electrons. The Balaban J connectivity index is 3.38. The fourth-order valence-electron chi connectivity index (χ4n) is 9.34. The zero-order valence-corrected chi connectivity index (χ0v) is 45.1. The van der Waals surface area contributed by atoms with Crippen LogP contribution in [0.2, 0.25) is 0 Å². The quantitative estimate of drug-likeness (QED) is 0.0321. The van der Waals surface area contributed by atoms with E-state index in [4.69, 9.17) is 4.74 Å². The molecule has 2 atom stereocenters. The first kappa shape index (κ1) is 65.3. The number of allylic oxidation sites excluding steroid dienone is 3. The number of rotatable bonds is 56. The fraction of sp³-hybridized carbons (Fsp3) is 0.902. The summed E-state index contributed by atoms with van der Waals surface area (Å²) in [6, 6.07) is -0.626. The third-order valence-corrected chi connectivity index (χ3v) is 14.0. The van der Waals surface area contributed by atoms with E-state index in [0.29, 0.717) is 19.4 Å². The van der Waals surface area contributed by atoms with Crippen LogP contribution in [0.15, 0.2) is 24.3 Å². The molecule has 0 heterocycles. The van der Waals surface area contributed by atoms with E-state index in [1.54, 1.807) is 6.08 Å². The third kappa shape index (κ3) is 53.5. The van der Waals surface area contributed by atoms with Crippen molar-refractivity contribution >= 4 is 11.9 Å². The van der Waals surface area contributed by atoms with Crippen LogP contribution in [0.25, 0.3) is 0 Å². The molecule has 0 aromatic heterocycles. The van der Waals surface area contributed by atoms with Crippen molar-refractivity contribution in [3.05, 3.63) is 24.3 Å². The number of unbranched alkanes of at least 4 members (excludes halogenated alkanes) is 43. The van der Waals surface area contributed by atoms with Gasteiger partial charge in [0.2, 0.25) is 5.91 Å². The van der Waals surface area contributed by atoms with E-state index in [1.807, 2.05) is 6.08 Å². The lowest BCUT2D eigenvalue weighted by atomic mass is 10.0. The zero-order chi connectivity index (χ0) is 48.6. The van der Waals surface area contributed by atoms with Crippen LogP contribution in [0.4, 0.5) is 0 Å². The second-order valence-electron chi connectivity index (χ2n) is 20.7. The van der Waals surface area contributed by atoms with Gasteiger partial charge in [0.05, 0.1) is 25.4 Å². The van der Waals surface area contributed by atoms with Crippen molar-refractivity contribution in [3.63, 3.8) is 0 Å². The minimum atomic E-state index is -0.842. The summed E-state index contributed by atoms with van der Waals surface area (Å²) >= 11 is 0. The van der Waals surface area contributed by atoms with Crippen molar-refractivity contribution in [1.82, 2.24) is 5.32 Å². The molecule has 0 spiro atoms. The van der Waals surface area contributed by atoms with Crippen LogP contribution < -0.4 is 5.32 Å². The molecule has 0 aromatic carbocycles. The molecule has 0 aliphatic rings. The number of esters is 1. The van der Waals surface area contributed by atoms with Gasteiger partial charge in [0.1, 0.15) is 0 Å². The Morgan fingerprint density at radius 1 is 0.403 bits per heavy atom. The highest BCUT2D eigenvalue weighted by Crippen LogP contribution is 2.17. The number of nitrogens with one attached hydrogen (secondary N) is 1. The number of hydrogen-bond acceptors (Lipinski definition) is 5. The van der Waals surface area contributed by atoms with Gasteiger partial charge in [-0.2, -0.15) is 0 Å². The van der Waals surface area contributed by atoms with E-state index in [2.05, 4.69) is 31.3 Å². The number of aliphatic hydroxyl groups is 2. The second-order valence-corrected chi connectivity index (χ2v) is 20.7. The summed E-state index contributed by atoms with van der Waals surface area (Å²) in [5.41, 5.74) is 0. The van der Waals surface area contributed by atoms with E-state index in [9.17, 15) is 19.8 Å². The lowest BCUT2D eigenvalue weighted by molar-refractivity contribution is -0.143. The van der Waals surface area contributed by atoms with E-state index in [-0.39, 0.29) is 18.5 Å². The summed E-state index contributed by atoms with van der Waals surface area (Å²) < 4.78 is 5.47. The monoisotopic (exact) mass is 944 g/mol. The van der Waals surface area contributed by atoms with Crippen LogP contribution in [0.1, 0.15) is 328 Å². The average molecular weight is 945 g/mol. The van der Waals surface area contributed by atoms with E-state index in [1.165, 1.54) is 257 Å². The highest BCUT2D eigenvalue weighted by atomic mass is 16.5. The third-order valence-electron chi connectivity index (χ3n) is 14.0. The topological polar surface area (TPSA) is 95.9 Å². The van der Waals surface area contributed by atoms with Gasteiger partial charge in [0.25, 0.3) is 0 Å². The summed E-state index contributed by atoms with van der Waals surface area (Å²) in [5.74, 6) is -0.0604. The molecule has 6 nitrogen and oxygen atoms in total. The van der Waals surface area contributed by atoms with Crippen molar-refractivity contribution in [1.29, 1.82) is 0 Å². The van der Waals surface area contributed by atoms with Crippen molar-refractivity contribution in [2.24, 2.45) is 0 Å². The molecular weight excluding hydrogens is 827 g/mol. The number of amides is 1. The molecule has 67 heavy (non-hydrogen) atoms. The van der Waals surface area contributed by atoms with Crippen LogP contribution in [0, 0.1) is 0 Å². The SMILES string of the molecule is CCCCCC/C=C\CCCCCCCC(=O)OCCCCCCCCCCCCCCCCCCCCCCCCCCC(=O)NC(CO)C(O)/C=C/CCCCCCCCCCCCC. The Hall–Kier alpha value is -1.66. The first-order valence-corrected chi connectivity index (χ1v) is 30.1. The van der Waals surface area contributed by atoms with Crippen molar-refractivity contribution in [2.75, 3.05) is 13.2 Å². The Bertz CT molecular complexity index is 1040. The minimum absolute atomic E-state index is 0.00577. The first-order valence-electron chi connectivity index (χ1n) is 30.1. The summed E-state index contributed by atoms with van der Waals surface area (Å²) in [5, 5.41) is 23.1. The lowest BCUT2D eigenvalue weighted by Gasteiger charge is -2.20. The van der Waals surface area contributed by atoms with Crippen LogP contribution in [0.5, 0.6) is 0 Å². The number of aliphatic hydroxyl groups excluding tert-OH is 2. The van der Waals surface area contributed by atoms with Crippen LogP contribution >= 0.6 is 0 Å². The predicted octanol–water partition coefficient (Wildman–Crippen LogP) is 18.6. The number of ether oxygens (including phenoxy) is 1. The number of carbonyl (C=O) groups is 2. The van der Waals surface area contributed by atoms with Gasteiger partial charge in [-0.3, -0.25) is 9.59 Å². The highest BCUT2D eigenvalue weighted by molar-refractivity contribution is 5.76. The Morgan fingerprint density at radius 3 is 1.07 bits per heavy atom. The van der Waals surface area contributed by atoms with Gasteiger partial charge in [-0.25, -0.2) is 0 Å².